The van der Waals surface area contributed by atoms with Crippen LogP contribution >= 0.6 is 34.5 Å². The molecule has 2 aromatic carbocycles. The molecule has 0 radical (unpaired) electrons. The minimum absolute atomic E-state index is 0.106. The monoisotopic (exact) mass is 488 g/mol. The van der Waals surface area contributed by atoms with Crippen LogP contribution in [0, 0.1) is 6.92 Å². The van der Waals surface area contributed by atoms with Crippen LogP contribution in [-0.2, 0) is 10.2 Å². The molecular formula is C23H22Cl2N4O2S. The normalized spacial score (nSPS) is 11.7. The van der Waals surface area contributed by atoms with Crippen LogP contribution in [-0.4, -0.2) is 27.1 Å². The van der Waals surface area contributed by atoms with Crippen LogP contribution in [0.15, 0.2) is 41.8 Å². The Bertz CT molecular complexity index is 1310. The summed E-state index contributed by atoms with van der Waals surface area (Å²) in [6, 6.07) is 11.2. The van der Waals surface area contributed by atoms with Crippen molar-refractivity contribution in [3.8, 4) is 17.0 Å². The Morgan fingerprint density at radius 3 is 2.72 bits per heavy atom. The number of nitrogens with one attached hydrogen (secondary N) is 1. The minimum Gasteiger partial charge on any atom is -0.483 e. The van der Waals surface area contributed by atoms with Gasteiger partial charge in [-0.1, -0.05) is 61.7 Å². The van der Waals surface area contributed by atoms with E-state index in [1.54, 1.807) is 22.7 Å². The Morgan fingerprint density at radius 1 is 1.19 bits per heavy atom. The van der Waals surface area contributed by atoms with E-state index in [0.717, 1.165) is 22.4 Å². The Balaban J connectivity index is 1.50. The molecule has 32 heavy (non-hydrogen) atoms. The van der Waals surface area contributed by atoms with Gasteiger partial charge in [-0.3, -0.25) is 10.1 Å². The molecule has 0 aliphatic carbocycles. The fourth-order valence-corrected chi connectivity index (χ4v) is 4.48. The van der Waals surface area contributed by atoms with Crippen LogP contribution < -0.4 is 10.1 Å². The summed E-state index contributed by atoms with van der Waals surface area (Å²) in [4.78, 5) is 17.5. The van der Waals surface area contributed by atoms with Crippen molar-refractivity contribution < 1.29 is 9.53 Å². The van der Waals surface area contributed by atoms with E-state index in [9.17, 15) is 4.79 Å². The summed E-state index contributed by atoms with van der Waals surface area (Å²) in [5.74, 6) is 0.547. The first-order valence-corrected chi connectivity index (χ1v) is 11.6. The number of thiazole rings is 1. The molecule has 1 N–H and O–H groups in total. The van der Waals surface area contributed by atoms with Crippen LogP contribution in [0.1, 0.15) is 31.9 Å². The summed E-state index contributed by atoms with van der Waals surface area (Å²) in [5.41, 5.74) is 3.58. The summed E-state index contributed by atoms with van der Waals surface area (Å²) in [5, 5.41) is 10.1. The molecule has 0 unspecified atom stereocenters. The van der Waals surface area contributed by atoms with Gasteiger partial charge in [0.15, 0.2) is 6.61 Å². The molecule has 4 rings (SSSR count). The first kappa shape index (κ1) is 22.6. The van der Waals surface area contributed by atoms with Crippen LogP contribution in [0.4, 0.5) is 5.95 Å². The Kier molecular flexibility index (Phi) is 6.16. The molecule has 0 aliphatic heterocycles. The molecule has 2 heterocycles. The van der Waals surface area contributed by atoms with Crippen molar-refractivity contribution in [2.24, 2.45) is 0 Å². The number of aryl methyl sites for hydroxylation is 1. The number of amides is 1. The van der Waals surface area contributed by atoms with E-state index in [1.807, 2.05) is 24.4 Å². The van der Waals surface area contributed by atoms with E-state index in [0.29, 0.717) is 20.8 Å². The summed E-state index contributed by atoms with van der Waals surface area (Å²) in [6.45, 7) is 8.22. The number of anilines is 1. The maximum atomic E-state index is 12.5. The summed E-state index contributed by atoms with van der Waals surface area (Å²) in [7, 11) is 0. The number of halogens is 2. The highest BCUT2D eigenvalue weighted by Crippen LogP contribution is 2.34. The van der Waals surface area contributed by atoms with Crippen molar-refractivity contribution in [3.05, 3.63) is 63.0 Å². The Labute approximate surface area is 200 Å². The van der Waals surface area contributed by atoms with E-state index in [1.165, 1.54) is 11.3 Å². The van der Waals surface area contributed by atoms with Crippen LogP contribution in [0.2, 0.25) is 10.0 Å². The minimum atomic E-state index is -0.342. The number of ether oxygens (including phenoxy) is 1. The lowest BCUT2D eigenvalue weighted by molar-refractivity contribution is -0.118. The highest BCUT2D eigenvalue weighted by Gasteiger charge is 2.20. The van der Waals surface area contributed by atoms with Crippen LogP contribution in [0.3, 0.4) is 0 Å². The molecule has 6 nitrogen and oxygen atoms in total. The van der Waals surface area contributed by atoms with Gasteiger partial charge in [-0.15, -0.1) is 16.4 Å². The molecule has 4 aromatic rings. The van der Waals surface area contributed by atoms with Crippen molar-refractivity contribution in [1.29, 1.82) is 0 Å². The van der Waals surface area contributed by atoms with E-state index >= 15 is 0 Å². The van der Waals surface area contributed by atoms with Crippen molar-refractivity contribution in [2.75, 3.05) is 11.9 Å². The fourth-order valence-electron chi connectivity index (χ4n) is 3.27. The van der Waals surface area contributed by atoms with Crippen LogP contribution in [0.5, 0.6) is 5.75 Å². The molecule has 166 valence electrons. The number of aromatic nitrogens is 3. The third-order valence-electron chi connectivity index (χ3n) is 4.84. The first-order valence-electron chi connectivity index (χ1n) is 9.95. The number of carbonyl (C=O) groups excluding carboxylic acids is 1. The average molecular weight is 489 g/mol. The zero-order chi connectivity index (χ0) is 23.0. The van der Waals surface area contributed by atoms with Gasteiger partial charge in [0.05, 0.1) is 10.7 Å². The number of rotatable bonds is 5. The molecule has 0 saturated heterocycles. The van der Waals surface area contributed by atoms with Gasteiger partial charge in [-0.05, 0) is 42.2 Å². The van der Waals surface area contributed by atoms with Gasteiger partial charge in [-0.25, -0.2) is 4.52 Å². The zero-order valence-electron chi connectivity index (χ0n) is 18.1. The second kappa shape index (κ2) is 8.73. The molecule has 9 heteroatoms. The van der Waals surface area contributed by atoms with Crippen LogP contribution in [0.25, 0.3) is 16.2 Å². The SMILES string of the molecule is Cc1ccc(OCC(=O)Nc2nc3scc(-c4cc(Cl)ccc4Cl)n3n2)c(C(C)(C)C)c1. The molecule has 0 atom stereocenters. The van der Waals surface area contributed by atoms with Crippen molar-refractivity contribution in [2.45, 2.75) is 33.1 Å². The zero-order valence-corrected chi connectivity index (χ0v) is 20.4. The number of hydrogen-bond acceptors (Lipinski definition) is 5. The van der Waals surface area contributed by atoms with Gasteiger partial charge in [0.2, 0.25) is 4.96 Å². The van der Waals surface area contributed by atoms with Gasteiger partial charge in [0.1, 0.15) is 5.75 Å². The molecular weight excluding hydrogens is 467 g/mol. The molecule has 0 fully saturated rings. The first-order chi connectivity index (χ1) is 15.1. The smallest absolute Gasteiger partial charge is 0.264 e. The maximum Gasteiger partial charge on any atom is 0.264 e. The molecule has 0 saturated carbocycles. The average Bonchev–Trinajstić information content (AvgIpc) is 3.28. The summed E-state index contributed by atoms with van der Waals surface area (Å²) < 4.78 is 7.46. The number of carbonyl (C=O) groups is 1. The second-order valence-corrected chi connectivity index (χ2v) is 10.1. The van der Waals surface area contributed by atoms with Gasteiger partial charge in [0.25, 0.3) is 11.9 Å². The van der Waals surface area contributed by atoms with Gasteiger partial charge < -0.3 is 4.74 Å². The predicted octanol–water partition coefficient (Wildman–Crippen LogP) is 6.39. The van der Waals surface area contributed by atoms with Crippen molar-refractivity contribution in [1.82, 2.24) is 14.6 Å². The summed E-state index contributed by atoms with van der Waals surface area (Å²) in [6.07, 6.45) is 0. The molecule has 0 aliphatic rings. The topological polar surface area (TPSA) is 68.5 Å². The van der Waals surface area contributed by atoms with E-state index in [2.05, 4.69) is 42.2 Å². The second-order valence-electron chi connectivity index (χ2n) is 8.46. The van der Waals surface area contributed by atoms with Crippen molar-refractivity contribution in [3.63, 3.8) is 0 Å². The number of hydrogen-bond donors (Lipinski definition) is 1. The molecule has 1 amide bonds. The highest BCUT2D eigenvalue weighted by molar-refractivity contribution is 7.15. The van der Waals surface area contributed by atoms with Gasteiger partial charge in [0, 0.05) is 16.0 Å². The molecule has 0 spiro atoms. The number of benzene rings is 2. The number of fused-ring (bicyclic) bond motifs is 1. The largest absolute Gasteiger partial charge is 0.483 e. The molecule has 0 bridgehead atoms. The third-order valence-corrected chi connectivity index (χ3v) is 6.22. The highest BCUT2D eigenvalue weighted by atomic mass is 35.5. The Morgan fingerprint density at radius 2 is 1.97 bits per heavy atom. The predicted molar refractivity (Wildman–Crippen MR) is 130 cm³/mol. The van der Waals surface area contributed by atoms with Gasteiger partial charge in [-0.2, -0.15) is 4.98 Å². The van der Waals surface area contributed by atoms with E-state index < -0.39 is 0 Å². The molecule has 2 aromatic heterocycles. The standard InChI is InChI=1S/C23H22Cl2N4O2S/c1-13-5-8-19(16(9-13)23(2,3)4)31-11-20(30)26-21-27-22-29(28-21)18(12-32-22)15-10-14(24)6-7-17(15)25/h5-10,12H,11H2,1-4H3,(H,26,28,30). The quantitative estimate of drug-likeness (QED) is 0.353. The lowest BCUT2D eigenvalue weighted by Gasteiger charge is -2.23. The van der Waals surface area contributed by atoms with Gasteiger partial charge >= 0.3 is 0 Å². The number of nitrogens with zero attached hydrogens (tertiary/aromatic N) is 3. The van der Waals surface area contributed by atoms with Crippen molar-refractivity contribution >= 4 is 51.4 Å². The lowest BCUT2D eigenvalue weighted by Crippen LogP contribution is -2.22. The fraction of sp³-hybridized carbons (Fsp3) is 0.261. The third kappa shape index (κ3) is 4.75. The Hall–Kier alpha value is -2.61. The lowest BCUT2D eigenvalue weighted by atomic mass is 9.85. The van der Waals surface area contributed by atoms with E-state index in [4.69, 9.17) is 27.9 Å². The van der Waals surface area contributed by atoms with E-state index in [-0.39, 0.29) is 23.9 Å². The summed E-state index contributed by atoms with van der Waals surface area (Å²) >= 11 is 13.8. The maximum absolute atomic E-state index is 12.5.